The van der Waals surface area contributed by atoms with Crippen LogP contribution in [0, 0.1) is 5.92 Å². The first kappa shape index (κ1) is 22.0. The van der Waals surface area contributed by atoms with Crippen LogP contribution in [0.15, 0.2) is 36.4 Å². The smallest absolute Gasteiger partial charge is 0.254 e. The van der Waals surface area contributed by atoms with Crippen LogP contribution >= 0.6 is 11.6 Å². The van der Waals surface area contributed by atoms with Crippen molar-refractivity contribution in [2.45, 2.75) is 44.6 Å². The van der Waals surface area contributed by atoms with Gasteiger partial charge >= 0.3 is 0 Å². The molecule has 2 aliphatic rings. The molecule has 6 heteroatoms. The maximum atomic E-state index is 13.2. The molecular formula is C25H30ClNO4. The second-order valence-corrected chi connectivity index (χ2v) is 9.38. The molecule has 2 aliphatic heterocycles. The van der Waals surface area contributed by atoms with Crippen molar-refractivity contribution in [1.29, 1.82) is 0 Å². The van der Waals surface area contributed by atoms with Crippen molar-refractivity contribution in [3.05, 3.63) is 58.1 Å². The van der Waals surface area contributed by atoms with E-state index in [0.29, 0.717) is 23.7 Å². The van der Waals surface area contributed by atoms with Crippen molar-refractivity contribution >= 4 is 17.5 Å². The standard InChI is InChI=1S/C25H30ClNO4/c1-25(15-18-3-5-21(26)6-4-18)16-20-13-19(14-22(30-2)23(20)31-25)24(29)27-10-7-17(8-11-27)9-12-28/h3-6,13-14,17,28H,7-12,15-16H2,1-2H3/t25-/m0/s1. The van der Waals surface area contributed by atoms with Gasteiger partial charge in [0.25, 0.3) is 5.91 Å². The Morgan fingerprint density at radius 2 is 1.97 bits per heavy atom. The van der Waals surface area contributed by atoms with Gasteiger partial charge in [0, 0.05) is 48.7 Å². The molecule has 0 unspecified atom stereocenters. The number of aliphatic hydroxyl groups is 1. The number of hydrogen-bond acceptors (Lipinski definition) is 4. The highest BCUT2D eigenvalue weighted by atomic mass is 35.5. The molecule has 0 bridgehead atoms. The topological polar surface area (TPSA) is 59.0 Å². The van der Waals surface area contributed by atoms with E-state index in [2.05, 4.69) is 6.92 Å². The van der Waals surface area contributed by atoms with E-state index < -0.39 is 5.60 Å². The van der Waals surface area contributed by atoms with Gasteiger partial charge in [-0.25, -0.2) is 0 Å². The van der Waals surface area contributed by atoms with E-state index >= 15 is 0 Å². The molecule has 2 aromatic carbocycles. The van der Waals surface area contributed by atoms with E-state index in [9.17, 15) is 4.79 Å². The number of rotatable bonds is 6. The number of carbonyl (C=O) groups is 1. The van der Waals surface area contributed by atoms with Crippen molar-refractivity contribution in [3.8, 4) is 11.5 Å². The van der Waals surface area contributed by atoms with Crippen LogP contribution in [-0.4, -0.2) is 48.3 Å². The van der Waals surface area contributed by atoms with Crippen molar-refractivity contribution in [2.75, 3.05) is 26.8 Å². The van der Waals surface area contributed by atoms with Crippen molar-refractivity contribution in [2.24, 2.45) is 5.92 Å². The van der Waals surface area contributed by atoms with Crippen LogP contribution in [0.4, 0.5) is 0 Å². The molecule has 1 saturated heterocycles. The quantitative estimate of drug-likeness (QED) is 0.713. The summed E-state index contributed by atoms with van der Waals surface area (Å²) in [6.07, 6.45) is 4.15. The SMILES string of the molecule is COc1cc(C(=O)N2CCC(CCO)CC2)cc2c1O[C@@](C)(Cc1ccc(Cl)cc1)C2. The third-order valence-electron chi connectivity index (χ3n) is 6.44. The van der Waals surface area contributed by atoms with Crippen molar-refractivity contribution in [3.63, 3.8) is 0 Å². The van der Waals surface area contributed by atoms with E-state index in [4.69, 9.17) is 26.2 Å². The Kier molecular flexibility index (Phi) is 6.44. The maximum absolute atomic E-state index is 13.2. The molecule has 2 heterocycles. The molecule has 0 aliphatic carbocycles. The van der Waals surface area contributed by atoms with Crippen molar-refractivity contribution < 1.29 is 19.4 Å². The van der Waals surface area contributed by atoms with Crippen molar-refractivity contribution in [1.82, 2.24) is 4.90 Å². The molecule has 166 valence electrons. The number of halogens is 1. The minimum absolute atomic E-state index is 0.0369. The largest absolute Gasteiger partial charge is 0.493 e. The molecule has 0 aromatic heterocycles. The van der Waals surface area contributed by atoms with E-state index in [0.717, 1.165) is 60.7 Å². The normalized spacial score (nSPS) is 21.0. The third kappa shape index (κ3) is 4.83. The Morgan fingerprint density at radius 1 is 1.26 bits per heavy atom. The fourth-order valence-corrected chi connectivity index (χ4v) is 4.92. The summed E-state index contributed by atoms with van der Waals surface area (Å²) < 4.78 is 12.0. The summed E-state index contributed by atoms with van der Waals surface area (Å²) in [6.45, 7) is 3.77. The van der Waals surface area contributed by atoms with Gasteiger partial charge in [-0.2, -0.15) is 0 Å². The Balaban J connectivity index is 1.51. The monoisotopic (exact) mass is 443 g/mol. The number of piperidine rings is 1. The first-order valence-corrected chi connectivity index (χ1v) is 11.3. The summed E-state index contributed by atoms with van der Waals surface area (Å²) in [5.74, 6) is 1.88. The van der Waals surface area contributed by atoms with Crippen LogP contribution in [0.1, 0.15) is 47.7 Å². The lowest BCUT2D eigenvalue weighted by molar-refractivity contribution is 0.0677. The van der Waals surface area contributed by atoms with Crippen LogP contribution in [0.25, 0.3) is 0 Å². The van der Waals surface area contributed by atoms with Crippen LogP contribution < -0.4 is 9.47 Å². The van der Waals surface area contributed by atoms with Gasteiger partial charge in [-0.05, 0) is 61.9 Å². The Bertz CT molecular complexity index is 937. The van der Waals surface area contributed by atoms with Crippen LogP contribution in [0.3, 0.4) is 0 Å². The Morgan fingerprint density at radius 3 is 2.61 bits per heavy atom. The second kappa shape index (κ2) is 9.09. The second-order valence-electron chi connectivity index (χ2n) is 8.95. The third-order valence-corrected chi connectivity index (χ3v) is 6.69. The van der Waals surface area contributed by atoms with E-state index in [1.54, 1.807) is 13.2 Å². The fraction of sp³-hybridized carbons (Fsp3) is 0.480. The van der Waals surface area contributed by atoms with Gasteiger partial charge in [0.15, 0.2) is 11.5 Å². The lowest BCUT2D eigenvalue weighted by Gasteiger charge is -2.32. The first-order valence-electron chi connectivity index (χ1n) is 11.0. The lowest BCUT2D eigenvalue weighted by atomic mass is 9.91. The average molecular weight is 444 g/mol. The summed E-state index contributed by atoms with van der Waals surface area (Å²) in [7, 11) is 1.61. The number of methoxy groups -OCH3 is 1. The zero-order chi connectivity index (χ0) is 22.0. The van der Waals surface area contributed by atoms with Crippen LogP contribution in [0.2, 0.25) is 5.02 Å². The number of aliphatic hydroxyl groups excluding tert-OH is 1. The van der Waals surface area contributed by atoms with Crippen LogP contribution in [0.5, 0.6) is 11.5 Å². The number of amides is 1. The molecule has 5 nitrogen and oxygen atoms in total. The molecule has 0 spiro atoms. The zero-order valence-electron chi connectivity index (χ0n) is 18.2. The van der Waals surface area contributed by atoms with Crippen LogP contribution in [-0.2, 0) is 12.8 Å². The summed E-state index contributed by atoms with van der Waals surface area (Å²) in [6, 6.07) is 11.6. The van der Waals surface area contributed by atoms with Gasteiger partial charge in [0.05, 0.1) is 7.11 Å². The molecule has 4 rings (SSSR count). The highest BCUT2D eigenvalue weighted by Crippen LogP contribution is 2.44. The Labute approximate surface area is 188 Å². The molecule has 1 N–H and O–H groups in total. The van der Waals surface area contributed by atoms with Gasteiger partial charge in [-0.1, -0.05) is 23.7 Å². The lowest BCUT2D eigenvalue weighted by Crippen LogP contribution is -2.38. The molecule has 0 saturated carbocycles. The van der Waals surface area contributed by atoms with Gasteiger partial charge in [-0.3, -0.25) is 4.79 Å². The van der Waals surface area contributed by atoms with Gasteiger partial charge in [-0.15, -0.1) is 0 Å². The zero-order valence-corrected chi connectivity index (χ0v) is 19.0. The van der Waals surface area contributed by atoms with E-state index in [1.807, 2.05) is 35.2 Å². The van der Waals surface area contributed by atoms with E-state index in [-0.39, 0.29) is 12.5 Å². The predicted octanol–water partition coefficient (Wildman–Crippen LogP) is 4.52. The molecule has 1 fully saturated rings. The van der Waals surface area contributed by atoms with Gasteiger partial charge < -0.3 is 19.5 Å². The van der Waals surface area contributed by atoms with E-state index in [1.165, 1.54) is 0 Å². The van der Waals surface area contributed by atoms with Gasteiger partial charge in [0.2, 0.25) is 0 Å². The summed E-state index contributed by atoms with van der Waals surface area (Å²) in [5, 5.41) is 9.87. The highest BCUT2D eigenvalue weighted by Gasteiger charge is 2.38. The number of benzene rings is 2. The number of fused-ring (bicyclic) bond motifs is 1. The summed E-state index contributed by atoms with van der Waals surface area (Å²) in [5.41, 5.74) is 2.40. The number of carbonyl (C=O) groups excluding carboxylic acids is 1. The molecule has 1 atom stereocenters. The predicted molar refractivity (Wildman–Crippen MR) is 121 cm³/mol. The fourth-order valence-electron chi connectivity index (χ4n) is 4.79. The first-order chi connectivity index (χ1) is 14.9. The summed E-state index contributed by atoms with van der Waals surface area (Å²) >= 11 is 6.02. The molecule has 2 aromatic rings. The average Bonchev–Trinajstić information content (AvgIpc) is 3.10. The molecule has 1 amide bonds. The number of likely N-dealkylation sites (tertiary alicyclic amines) is 1. The summed E-state index contributed by atoms with van der Waals surface area (Å²) in [4.78, 5) is 15.1. The number of ether oxygens (including phenoxy) is 2. The maximum Gasteiger partial charge on any atom is 0.254 e. The Hall–Kier alpha value is -2.24. The highest BCUT2D eigenvalue weighted by molar-refractivity contribution is 6.30. The molecule has 0 radical (unpaired) electrons. The molecular weight excluding hydrogens is 414 g/mol. The minimum atomic E-state index is -0.409. The molecule has 31 heavy (non-hydrogen) atoms. The minimum Gasteiger partial charge on any atom is -0.493 e. The number of nitrogens with zero attached hydrogens (tertiary/aromatic N) is 1. The number of hydrogen-bond donors (Lipinski definition) is 1. The van der Waals surface area contributed by atoms with Gasteiger partial charge in [0.1, 0.15) is 5.60 Å².